The molecule has 0 saturated heterocycles. The third-order valence-electron chi connectivity index (χ3n) is 4.51. The zero-order chi connectivity index (χ0) is 22.2. The van der Waals surface area contributed by atoms with Gasteiger partial charge in [0, 0.05) is 24.2 Å². The van der Waals surface area contributed by atoms with Crippen LogP contribution in [-0.2, 0) is 17.9 Å². The largest absolute Gasteiger partial charge is 0.497 e. The molecule has 7 nitrogen and oxygen atoms in total. The summed E-state index contributed by atoms with van der Waals surface area (Å²) >= 11 is 7.23. The lowest BCUT2D eigenvalue weighted by Crippen LogP contribution is -2.24. The van der Waals surface area contributed by atoms with Crippen molar-refractivity contribution < 1.29 is 14.3 Å². The van der Waals surface area contributed by atoms with Crippen molar-refractivity contribution in [3.63, 3.8) is 0 Å². The first-order valence-electron chi connectivity index (χ1n) is 9.88. The molecule has 0 radical (unpaired) electrons. The van der Waals surface area contributed by atoms with E-state index in [4.69, 9.17) is 21.1 Å². The minimum absolute atomic E-state index is 0.0761. The van der Waals surface area contributed by atoms with E-state index in [1.165, 1.54) is 11.8 Å². The van der Waals surface area contributed by atoms with E-state index < -0.39 is 0 Å². The molecule has 9 heteroatoms. The van der Waals surface area contributed by atoms with Gasteiger partial charge in [-0.15, -0.1) is 10.2 Å². The molecule has 0 aliphatic carbocycles. The van der Waals surface area contributed by atoms with Gasteiger partial charge in [0.2, 0.25) is 5.91 Å². The van der Waals surface area contributed by atoms with Crippen LogP contribution in [0.3, 0.4) is 0 Å². The maximum Gasteiger partial charge on any atom is 0.230 e. The first-order chi connectivity index (χ1) is 15.0. The molecular formula is C22H25ClN4O3S. The molecule has 0 saturated carbocycles. The fourth-order valence-corrected chi connectivity index (χ4v) is 3.89. The van der Waals surface area contributed by atoms with Gasteiger partial charge in [-0.3, -0.25) is 4.79 Å². The van der Waals surface area contributed by atoms with E-state index in [1.807, 2.05) is 54.8 Å². The highest BCUT2D eigenvalue weighted by Gasteiger charge is 2.19. The molecular weight excluding hydrogens is 436 g/mol. The smallest absolute Gasteiger partial charge is 0.230 e. The molecule has 3 rings (SSSR count). The van der Waals surface area contributed by atoms with Gasteiger partial charge < -0.3 is 19.4 Å². The van der Waals surface area contributed by atoms with Gasteiger partial charge in [-0.2, -0.15) is 0 Å². The van der Waals surface area contributed by atoms with Crippen LogP contribution in [0, 0.1) is 0 Å². The Balaban J connectivity index is 1.57. The summed E-state index contributed by atoms with van der Waals surface area (Å²) in [4.78, 5) is 12.2. The Morgan fingerprint density at radius 1 is 1.19 bits per heavy atom. The quantitative estimate of drug-likeness (QED) is 0.448. The van der Waals surface area contributed by atoms with Gasteiger partial charge in [0.1, 0.15) is 11.5 Å². The Bertz CT molecular complexity index is 1010. The highest BCUT2D eigenvalue weighted by atomic mass is 35.5. The van der Waals surface area contributed by atoms with Crippen molar-refractivity contribution in [3.8, 4) is 11.5 Å². The van der Waals surface area contributed by atoms with Gasteiger partial charge in [0.25, 0.3) is 0 Å². The summed E-state index contributed by atoms with van der Waals surface area (Å²) in [7, 11) is 1.62. The number of aromatic nitrogens is 3. The number of hydrogen-bond donors (Lipinski definition) is 1. The lowest BCUT2D eigenvalue weighted by atomic mass is 10.2. The normalized spacial score (nSPS) is 11.7. The van der Waals surface area contributed by atoms with Crippen LogP contribution in [0.25, 0.3) is 0 Å². The summed E-state index contributed by atoms with van der Waals surface area (Å²) in [6.07, 6.45) is -0.312. The van der Waals surface area contributed by atoms with Crippen LogP contribution < -0.4 is 14.8 Å². The second-order valence-corrected chi connectivity index (χ2v) is 8.09. The Kier molecular flexibility index (Phi) is 8.20. The van der Waals surface area contributed by atoms with Crippen LogP contribution in [0.4, 0.5) is 0 Å². The zero-order valence-corrected chi connectivity index (χ0v) is 19.2. The minimum atomic E-state index is -0.312. The summed E-state index contributed by atoms with van der Waals surface area (Å²) < 4.78 is 13.2. The SMILES string of the molecule is CCn1c(SCC(=O)NCc2ccc(Cl)cc2)nnc1C(C)Oc1cccc(OC)c1. The second kappa shape index (κ2) is 11.1. The highest BCUT2D eigenvalue weighted by molar-refractivity contribution is 7.99. The highest BCUT2D eigenvalue weighted by Crippen LogP contribution is 2.26. The van der Waals surface area contributed by atoms with Crippen molar-refractivity contribution in [1.29, 1.82) is 0 Å². The maximum atomic E-state index is 12.2. The number of amides is 1. The van der Waals surface area contributed by atoms with E-state index >= 15 is 0 Å². The molecule has 0 bridgehead atoms. The fourth-order valence-electron chi connectivity index (χ4n) is 2.92. The molecule has 0 aliphatic heterocycles. The van der Waals surface area contributed by atoms with Crippen LogP contribution in [0.5, 0.6) is 11.5 Å². The molecule has 1 unspecified atom stereocenters. The summed E-state index contributed by atoms with van der Waals surface area (Å²) in [6, 6.07) is 14.8. The van der Waals surface area contributed by atoms with Gasteiger partial charge in [-0.25, -0.2) is 0 Å². The molecule has 0 fully saturated rings. The first kappa shape index (κ1) is 23.0. The van der Waals surface area contributed by atoms with E-state index in [-0.39, 0.29) is 17.8 Å². The molecule has 3 aromatic rings. The number of halogens is 1. The molecule has 0 aliphatic rings. The first-order valence-corrected chi connectivity index (χ1v) is 11.2. The third-order valence-corrected chi connectivity index (χ3v) is 5.73. The van der Waals surface area contributed by atoms with Crippen molar-refractivity contribution in [2.45, 2.75) is 38.2 Å². The summed E-state index contributed by atoms with van der Waals surface area (Å²) in [5.74, 6) is 2.29. The lowest BCUT2D eigenvalue weighted by molar-refractivity contribution is -0.118. The number of methoxy groups -OCH3 is 1. The second-order valence-electron chi connectivity index (χ2n) is 6.72. The average Bonchev–Trinajstić information content (AvgIpc) is 3.20. The Hall–Kier alpha value is -2.71. The number of thioether (sulfide) groups is 1. The van der Waals surface area contributed by atoms with Crippen molar-refractivity contribution in [2.24, 2.45) is 0 Å². The van der Waals surface area contributed by atoms with Crippen LogP contribution >= 0.6 is 23.4 Å². The molecule has 31 heavy (non-hydrogen) atoms. The van der Waals surface area contributed by atoms with Gasteiger partial charge in [0.05, 0.1) is 12.9 Å². The molecule has 2 aromatic carbocycles. The summed E-state index contributed by atoms with van der Waals surface area (Å²) in [5.41, 5.74) is 0.991. The predicted molar refractivity (Wildman–Crippen MR) is 122 cm³/mol. The molecule has 1 aromatic heterocycles. The molecule has 1 N–H and O–H groups in total. The van der Waals surface area contributed by atoms with Gasteiger partial charge >= 0.3 is 0 Å². The monoisotopic (exact) mass is 460 g/mol. The molecule has 0 spiro atoms. The lowest BCUT2D eigenvalue weighted by Gasteiger charge is -2.16. The van der Waals surface area contributed by atoms with E-state index in [0.29, 0.717) is 34.8 Å². The van der Waals surface area contributed by atoms with E-state index in [1.54, 1.807) is 19.2 Å². The van der Waals surface area contributed by atoms with E-state index in [2.05, 4.69) is 15.5 Å². The van der Waals surface area contributed by atoms with Crippen LogP contribution in [0.1, 0.15) is 31.3 Å². The van der Waals surface area contributed by atoms with Gasteiger partial charge in [-0.05, 0) is 43.7 Å². The van der Waals surface area contributed by atoms with Crippen molar-refractivity contribution in [3.05, 3.63) is 64.9 Å². The number of benzene rings is 2. The predicted octanol–water partition coefficient (Wildman–Crippen LogP) is 4.51. The molecule has 1 atom stereocenters. The summed E-state index contributed by atoms with van der Waals surface area (Å²) in [5, 5.41) is 12.8. The number of nitrogens with one attached hydrogen (secondary N) is 1. The standard InChI is InChI=1S/C22H25ClN4O3S/c1-4-27-21(15(2)30-19-7-5-6-18(12-19)29-3)25-26-22(27)31-14-20(28)24-13-16-8-10-17(23)11-9-16/h5-12,15H,4,13-14H2,1-3H3,(H,24,28). The maximum absolute atomic E-state index is 12.2. The van der Waals surface area contributed by atoms with E-state index in [9.17, 15) is 4.79 Å². The number of ether oxygens (including phenoxy) is 2. The number of rotatable bonds is 10. The average molecular weight is 461 g/mol. The topological polar surface area (TPSA) is 78.3 Å². The summed E-state index contributed by atoms with van der Waals surface area (Å²) in [6.45, 7) is 5.05. The van der Waals surface area contributed by atoms with Gasteiger partial charge in [0.15, 0.2) is 17.1 Å². The van der Waals surface area contributed by atoms with Crippen LogP contribution in [-0.4, -0.2) is 33.5 Å². The van der Waals surface area contributed by atoms with E-state index in [0.717, 1.165) is 11.3 Å². The van der Waals surface area contributed by atoms with Crippen LogP contribution in [0.2, 0.25) is 5.02 Å². The fraction of sp³-hybridized carbons (Fsp3) is 0.318. The van der Waals surface area contributed by atoms with Crippen molar-refractivity contribution in [1.82, 2.24) is 20.1 Å². The molecule has 1 amide bonds. The molecule has 164 valence electrons. The van der Waals surface area contributed by atoms with Crippen molar-refractivity contribution in [2.75, 3.05) is 12.9 Å². The number of nitrogens with zero attached hydrogens (tertiary/aromatic N) is 3. The Morgan fingerprint density at radius 3 is 2.65 bits per heavy atom. The number of carbonyl (C=O) groups is 1. The van der Waals surface area contributed by atoms with Crippen molar-refractivity contribution >= 4 is 29.3 Å². The minimum Gasteiger partial charge on any atom is -0.497 e. The molecule has 1 heterocycles. The Labute approximate surface area is 191 Å². The zero-order valence-electron chi connectivity index (χ0n) is 17.7. The Morgan fingerprint density at radius 2 is 1.94 bits per heavy atom. The van der Waals surface area contributed by atoms with Crippen LogP contribution in [0.15, 0.2) is 53.7 Å². The van der Waals surface area contributed by atoms with Gasteiger partial charge in [-0.1, -0.05) is 41.6 Å². The number of hydrogen-bond acceptors (Lipinski definition) is 6. The number of carbonyl (C=O) groups excluding carboxylic acids is 1. The third kappa shape index (κ3) is 6.38.